The highest BCUT2D eigenvalue weighted by atomic mass is 16.5. The summed E-state index contributed by atoms with van der Waals surface area (Å²) in [5, 5.41) is 0. The van der Waals surface area contributed by atoms with E-state index < -0.39 is 0 Å². The number of carbonyl (C=O) groups excluding carboxylic acids is 1. The summed E-state index contributed by atoms with van der Waals surface area (Å²) in [5.74, 6) is 1.26. The van der Waals surface area contributed by atoms with Gasteiger partial charge >= 0.3 is 6.01 Å². The van der Waals surface area contributed by atoms with Crippen LogP contribution in [-0.4, -0.2) is 66.4 Å². The normalized spacial score (nSPS) is 29.0. The molecule has 4 heterocycles. The molecule has 1 aromatic heterocycles. The molecule has 0 saturated carbocycles. The van der Waals surface area contributed by atoms with Crippen molar-refractivity contribution in [2.45, 2.75) is 32.3 Å². The number of ether oxygens (including phenoxy) is 3. The number of amides is 1. The maximum atomic E-state index is 12.7. The smallest absolute Gasteiger partial charge is 0.316 e. The monoisotopic (exact) mass is 361 g/mol. The number of rotatable bonds is 5. The van der Waals surface area contributed by atoms with Crippen LogP contribution >= 0.6 is 0 Å². The molecule has 0 bridgehead atoms. The number of aromatic nitrogens is 2. The van der Waals surface area contributed by atoms with E-state index in [0.29, 0.717) is 37.7 Å². The highest BCUT2D eigenvalue weighted by molar-refractivity contribution is 5.79. The zero-order valence-corrected chi connectivity index (χ0v) is 15.3. The summed E-state index contributed by atoms with van der Waals surface area (Å²) in [6.45, 7) is 6.21. The minimum Gasteiger partial charge on any atom is -0.463 e. The molecule has 1 aromatic rings. The Hall–Kier alpha value is -1.73. The average Bonchev–Trinajstić information content (AvgIpc) is 3.24. The second kappa shape index (κ2) is 7.88. The molecule has 3 atom stereocenters. The Morgan fingerprint density at radius 1 is 1.35 bits per heavy atom. The fraction of sp³-hybridized carbons (Fsp3) is 0.737. The van der Waals surface area contributed by atoms with Crippen LogP contribution in [0.1, 0.15) is 25.0 Å². The Morgan fingerprint density at radius 3 is 3.00 bits per heavy atom. The van der Waals surface area contributed by atoms with E-state index >= 15 is 0 Å². The highest BCUT2D eigenvalue weighted by Crippen LogP contribution is 2.36. The standard InChI is InChI=1S/C19H27N3O4/c1-13-2-6-20-19(21-13)25-9-5-15-12-26-17-11-22(10-16(15)17)18(23)14-3-7-24-8-4-14/h2,6,14-17H,3-5,7-12H2,1H3/t15-,16-,17-/m1/s1. The van der Waals surface area contributed by atoms with Crippen molar-refractivity contribution in [3.05, 3.63) is 18.0 Å². The van der Waals surface area contributed by atoms with Crippen LogP contribution in [0.5, 0.6) is 6.01 Å². The van der Waals surface area contributed by atoms with Gasteiger partial charge in [-0.15, -0.1) is 0 Å². The van der Waals surface area contributed by atoms with Gasteiger partial charge in [0, 0.05) is 50.0 Å². The molecular weight excluding hydrogens is 334 g/mol. The van der Waals surface area contributed by atoms with Gasteiger partial charge in [-0.2, -0.15) is 0 Å². The van der Waals surface area contributed by atoms with Gasteiger partial charge < -0.3 is 19.1 Å². The van der Waals surface area contributed by atoms with Gasteiger partial charge in [-0.1, -0.05) is 0 Å². The van der Waals surface area contributed by atoms with Crippen LogP contribution in [0.4, 0.5) is 0 Å². The van der Waals surface area contributed by atoms with Crippen molar-refractivity contribution in [3.8, 4) is 6.01 Å². The maximum Gasteiger partial charge on any atom is 0.316 e. The third-order valence-electron chi connectivity index (χ3n) is 5.81. The second-order valence-electron chi connectivity index (χ2n) is 7.54. The van der Waals surface area contributed by atoms with Gasteiger partial charge in [0.2, 0.25) is 5.91 Å². The molecule has 3 aliphatic heterocycles. The van der Waals surface area contributed by atoms with Gasteiger partial charge in [-0.05, 0) is 38.2 Å². The summed E-state index contributed by atoms with van der Waals surface area (Å²) >= 11 is 0. The lowest BCUT2D eigenvalue weighted by Crippen LogP contribution is -2.38. The van der Waals surface area contributed by atoms with Crippen molar-refractivity contribution in [2.24, 2.45) is 17.8 Å². The average molecular weight is 361 g/mol. The minimum absolute atomic E-state index is 0.128. The summed E-state index contributed by atoms with van der Waals surface area (Å²) < 4.78 is 17.0. The van der Waals surface area contributed by atoms with E-state index in [1.165, 1.54) is 0 Å². The molecule has 26 heavy (non-hydrogen) atoms. The molecule has 0 unspecified atom stereocenters. The third-order valence-corrected chi connectivity index (χ3v) is 5.81. The lowest BCUT2D eigenvalue weighted by atomic mass is 9.91. The van der Waals surface area contributed by atoms with Crippen molar-refractivity contribution in [3.63, 3.8) is 0 Å². The van der Waals surface area contributed by atoms with Gasteiger partial charge in [-0.3, -0.25) is 4.79 Å². The summed E-state index contributed by atoms with van der Waals surface area (Å²) in [6.07, 6.45) is 4.48. The van der Waals surface area contributed by atoms with Gasteiger partial charge in [0.25, 0.3) is 0 Å². The Morgan fingerprint density at radius 2 is 2.19 bits per heavy atom. The number of likely N-dealkylation sites (tertiary alicyclic amines) is 1. The quantitative estimate of drug-likeness (QED) is 0.790. The Labute approximate surface area is 154 Å². The number of fused-ring (bicyclic) bond motifs is 1. The highest BCUT2D eigenvalue weighted by Gasteiger charge is 2.45. The molecule has 142 valence electrons. The first-order chi connectivity index (χ1) is 12.7. The lowest BCUT2D eigenvalue weighted by Gasteiger charge is -2.27. The molecule has 3 saturated heterocycles. The molecule has 0 radical (unpaired) electrons. The summed E-state index contributed by atoms with van der Waals surface area (Å²) in [6, 6.07) is 2.29. The van der Waals surface area contributed by atoms with Crippen molar-refractivity contribution >= 4 is 5.91 Å². The SMILES string of the molecule is Cc1ccnc(OCC[C@@H]2CO[C@@H]3CN(C(=O)C4CCOCC4)C[C@H]23)n1. The van der Waals surface area contributed by atoms with E-state index in [-0.39, 0.29) is 17.9 Å². The van der Waals surface area contributed by atoms with E-state index in [1.54, 1.807) is 6.20 Å². The van der Waals surface area contributed by atoms with Crippen molar-refractivity contribution < 1.29 is 19.0 Å². The van der Waals surface area contributed by atoms with Crippen LogP contribution in [0, 0.1) is 24.7 Å². The number of aryl methyl sites for hydroxylation is 1. The summed E-state index contributed by atoms with van der Waals surface area (Å²) in [7, 11) is 0. The minimum atomic E-state index is 0.128. The number of hydrogen-bond acceptors (Lipinski definition) is 6. The van der Waals surface area contributed by atoms with Crippen molar-refractivity contribution in [1.29, 1.82) is 0 Å². The fourth-order valence-corrected chi connectivity index (χ4v) is 4.28. The molecule has 4 rings (SSSR count). The summed E-state index contributed by atoms with van der Waals surface area (Å²) in [4.78, 5) is 23.2. The molecule has 0 spiro atoms. The predicted octanol–water partition coefficient (Wildman–Crippen LogP) is 1.45. The Kier molecular flexibility index (Phi) is 5.36. The Balaban J connectivity index is 1.27. The number of carbonyl (C=O) groups is 1. The first kappa shape index (κ1) is 17.7. The van der Waals surface area contributed by atoms with Crippen molar-refractivity contribution in [1.82, 2.24) is 14.9 Å². The van der Waals surface area contributed by atoms with Gasteiger partial charge in [-0.25, -0.2) is 9.97 Å². The van der Waals surface area contributed by atoms with Gasteiger partial charge in [0.1, 0.15) is 0 Å². The molecule has 7 heteroatoms. The third kappa shape index (κ3) is 3.83. The molecule has 0 N–H and O–H groups in total. The zero-order chi connectivity index (χ0) is 17.9. The van der Waals surface area contributed by atoms with E-state index in [0.717, 1.165) is 44.7 Å². The molecule has 3 fully saturated rings. The molecular formula is C19H27N3O4. The maximum absolute atomic E-state index is 12.7. The first-order valence-corrected chi connectivity index (χ1v) is 9.61. The lowest BCUT2D eigenvalue weighted by molar-refractivity contribution is -0.138. The van der Waals surface area contributed by atoms with E-state index in [2.05, 4.69) is 9.97 Å². The molecule has 1 amide bonds. The van der Waals surface area contributed by atoms with E-state index in [4.69, 9.17) is 14.2 Å². The zero-order valence-electron chi connectivity index (χ0n) is 15.3. The van der Waals surface area contributed by atoms with E-state index in [9.17, 15) is 4.79 Å². The van der Waals surface area contributed by atoms with Crippen LogP contribution in [-0.2, 0) is 14.3 Å². The topological polar surface area (TPSA) is 73.8 Å². The number of nitrogens with zero attached hydrogens (tertiary/aromatic N) is 3. The van der Waals surface area contributed by atoms with Crippen LogP contribution in [0.25, 0.3) is 0 Å². The fourth-order valence-electron chi connectivity index (χ4n) is 4.28. The van der Waals surface area contributed by atoms with E-state index in [1.807, 2.05) is 17.9 Å². The summed E-state index contributed by atoms with van der Waals surface area (Å²) in [5.41, 5.74) is 0.900. The molecule has 7 nitrogen and oxygen atoms in total. The molecule has 0 aliphatic carbocycles. The second-order valence-corrected chi connectivity index (χ2v) is 7.54. The van der Waals surface area contributed by atoms with Gasteiger partial charge in [0.15, 0.2) is 0 Å². The molecule has 3 aliphatic rings. The van der Waals surface area contributed by atoms with Gasteiger partial charge in [0.05, 0.1) is 19.3 Å². The number of hydrogen-bond donors (Lipinski definition) is 0. The van der Waals surface area contributed by atoms with Crippen molar-refractivity contribution in [2.75, 3.05) is 39.5 Å². The molecule has 0 aromatic carbocycles. The van der Waals surface area contributed by atoms with Crippen LogP contribution in [0.2, 0.25) is 0 Å². The first-order valence-electron chi connectivity index (χ1n) is 9.61. The Bertz CT molecular complexity index is 635. The van der Waals surface area contributed by atoms with Crippen LogP contribution in [0.15, 0.2) is 12.3 Å². The van der Waals surface area contributed by atoms with Crippen LogP contribution < -0.4 is 4.74 Å². The predicted molar refractivity (Wildman–Crippen MR) is 93.7 cm³/mol. The largest absolute Gasteiger partial charge is 0.463 e. The van der Waals surface area contributed by atoms with Crippen LogP contribution in [0.3, 0.4) is 0 Å².